The van der Waals surface area contributed by atoms with E-state index in [4.69, 9.17) is 20.1 Å². The summed E-state index contributed by atoms with van der Waals surface area (Å²) in [5, 5.41) is 16.6. The number of nitrogen functional groups attached to an aromatic ring is 1. The molecule has 0 spiro atoms. The van der Waals surface area contributed by atoms with E-state index in [1.54, 1.807) is 6.07 Å². The van der Waals surface area contributed by atoms with Crippen molar-refractivity contribution in [2.45, 2.75) is 58.1 Å². The van der Waals surface area contributed by atoms with E-state index in [9.17, 15) is 4.79 Å². The zero-order valence-electron chi connectivity index (χ0n) is 19.0. The van der Waals surface area contributed by atoms with Crippen LogP contribution in [0.1, 0.15) is 56.7 Å². The van der Waals surface area contributed by atoms with Crippen molar-refractivity contribution in [2.24, 2.45) is 0 Å². The number of hydrogen-bond donors (Lipinski definition) is 3. The first-order chi connectivity index (χ1) is 15.9. The number of benzene rings is 2. The molecule has 33 heavy (non-hydrogen) atoms. The van der Waals surface area contributed by atoms with E-state index < -0.39 is 5.97 Å². The highest BCUT2D eigenvalue weighted by Crippen LogP contribution is 2.37. The number of hydrogen-bond acceptors (Lipinski definition) is 7. The third kappa shape index (κ3) is 5.34. The fraction of sp³-hybridized carbons (Fsp3) is 0.400. The maximum absolute atomic E-state index is 10.7. The number of unbranched alkanes of at least 4 members (excludes halogenated alkanes) is 1. The highest BCUT2D eigenvalue weighted by Gasteiger charge is 2.26. The first kappa shape index (κ1) is 22.8. The summed E-state index contributed by atoms with van der Waals surface area (Å²) >= 11 is 0. The number of nitrogens with one attached hydrogen (secondary N) is 1. The molecule has 0 aliphatic heterocycles. The molecule has 1 heterocycles. The minimum Gasteiger partial charge on any atom is -0.489 e. The van der Waals surface area contributed by atoms with Gasteiger partial charge >= 0.3 is 5.97 Å². The van der Waals surface area contributed by atoms with Gasteiger partial charge in [0.05, 0.1) is 11.8 Å². The van der Waals surface area contributed by atoms with Crippen molar-refractivity contribution in [3.8, 4) is 28.6 Å². The predicted octanol–water partition coefficient (Wildman–Crippen LogP) is 4.60. The molecule has 174 valence electrons. The molecule has 2 aromatic carbocycles. The van der Waals surface area contributed by atoms with Gasteiger partial charge in [0, 0.05) is 23.6 Å². The van der Waals surface area contributed by atoms with Crippen LogP contribution in [0.3, 0.4) is 0 Å². The van der Waals surface area contributed by atoms with Gasteiger partial charge in [0.1, 0.15) is 5.75 Å². The van der Waals surface area contributed by atoms with Crippen LogP contribution < -0.4 is 15.8 Å². The van der Waals surface area contributed by atoms with Gasteiger partial charge in [-0.25, -0.2) is 0 Å². The van der Waals surface area contributed by atoms with E-state index in [0.717, 1.165) is 36.9 Å². The van der Waals surface area contributed by atoms with Crippen LogP contribution in [0, 0.1) is 0 Å². The van der Waals surface area contributed by atoms with Gasteiger partial charge in [-0.05, 0) is 75.4 Å². The molecule has 4 N–H and O–H groups in total. The van der Waals surface area contributed by atoms with Gasteiger partial charge in [-0.2, -0.15) is 4.98 Å². The Morgan fingerprint density at radius 3 is 2.91 bits per heavy atom. The summed E-state index contributed by atoms with van der Waals surface area (Å²) in [6.07, 6.45) is 3.70. The summed E-state index contributed by atoms with van der Waals surface area (Å²) in [4.78, 5) is 15.3. The lowest BCUT2D eigenvalue weighted by molar-refractivity contribution is -0.137. The first-order valence-corrected chi connectivity index (χ1v) is 11.4. The summed E-state index contributed by atoms with van der Waals surface area (Å²) in [5.74, 6) is 0.866. The van der Waals surface area contributed by atoms with Crippen molar-refractivity contribution < 1.29 is 19.2 Å². The maximum Gasteiger partial charge on any atom is 0.303 e. The highest BCUT2D eigenvalue weighted by atomic mass is 16.5. The molecule has 0 radical (unpaired) electrons. The quantitative estimate of drug-likeness (QED) is 0.302. The number of nitrogens with zero attached hydrogens (tertiary/aromatic N) is 2. The lowest BCUT2D eigenvalue weighted by Gasteiger charge is -2.14. The Hall–Kier alpha value is -3.39. The number of nitrogens with two attached hydrogens (primary N) is 1. The number of carbonyl (C=O) groups is 1. The third-order valence-electron chi connectivity index (χ3n) is 5.77. The van der Waals surface area contributed by atoms with Crippen LogP contribution in [0.4, 0.5) is 5.69 Å². The Labute approximate surface area is 193 Å². The zero-order valence-corrected chi connectivity index (χ0v) is 19.0. The average Bonchev–Trinajstić information content (AvgIpc) is 3.42. The molecule has 1 atom stereocenters. The van der Waals surface area contributed by atoms with E-state index in [0.29, 0.717) is 29.6 Å². The number of anilines is 1. The van der Waals surface area contributed by atoms with Crippen molar-refractivity contribution in [2.75, 3.05) is 12.3 Å². The molecule has 8 heteroatoms. The van der Waals surface area contributed by atoms with Crippen LogP contribution >= 0.6 is 0 Å². The predicted molar refractivity (Wildman–Crippen MR) is 126 cm³/mol. The number of aliphatic carboxylic acids is 1. The van der Waals surface area contributed by atoms with Gasteiger partial charge in [-0.15, -0.1) is 0 Å². The molecule has 0 bridgehead atoms. The minimum atomic E-state index is -0.743. The Bertz CT molecular complexity index is 1130. The molecular formula is C25H30N4O4. The van der Waals surface area contributed by atoms with Gasteiger partial charge in [-0.1, -0.05) is 23.4 Å². The van der Waals surface area contributed by atoms with Crippen molar-refractivity contribution in [3.63, 3.8) is 0 Å². The van der Waals surface area contributed by atoms with Crippen LogP contribution in [0.15, 0.2) is 40.9 Å². The molecule has 3 aromatic rings. The van der Waals surface area contributed by atoms with Gasteiger partial charge in [0.15, 0.2) is 0 Å². The molecule has 1 aliphatic carbocycles. The maximum atomic E-state index is 10.7. The molecule has 1 aliphatic rings. The highest BCUT2D eigenvalue weighted by molar-refractivity contribution is 5.69. The van der Waals surface area contributed by atoms with Crippen molar-refractivity contribution in [1.82, 2.24) is 15.5 Å². The number of ether oxygens (including phenoxy) is 1. The standard InChI is InChI=1S/C25H30N4O4/c1-15(2)32-22-12-9-16(14-20(22)26)25-28-24(29-33-25)19-7-5-6-18-17(19)10-11-21(18)27-13-4-3-8-23(30)31/h5-7,9,12,14-15,21,27H,3-4,8,10-11,13,26H2,1-2H3,(H,30,31). The van der Waals surface area contributed by atoms with Crippen molar-refractivity contribution in [3.05, 3.63) is 47.5 Å². The molecule has 0 saturated carbocycles. The Morgan fingerprint density at radius 2 is 2.15 bits per heavy atom. The second-order valence-corrected chi connectivity index (χ2v) is 8.61. The monoisotopic (exact) mass is 450 g/mol. The minimum absolute atomic E-state index is 0.0383. The second kappa shape index (κ2) is 10.0. The Kier molecular flexibility index (Phi) is 6.93. The summed E-state index contributed by atoms with van der Waals surface area (Å²) in [7, 11) is 0. The van der Waals surface area contributed by atoms with Crippen molar-refractivity contribution >= 4 is 11.7 Å². The SMILES string of the molecule is CC(C)Oc1ccc(-c2nc(-c3cccc4c3CCC4NCCCCC(=O)O)no2)cc1N. The average molecular weight is 451 g/mol. The van der Waals surface area contributed by atoms with E-state index in [1.807, 2.05) is 38.1 Å². The number of carboxylic acids is 1. The molecule has 0 amide bonds. The van der Waals surface area contributed by atoms with Crippen LogP contribution in [-0.4, -0.2) is 33.9 Å². The normalized spacial score (nSPS) is 15.1. The number of carboxylic acid groups (broad SMARTS) is 1. The van der Waals surface area contributed by atoms with Crippen LogP contribution in [0.25, 0.3) is 22.8 Å². The Morgan fingerprint density at radius 1 is 1.30 bits per heavy atom. The smallest absolute Gasteiger partial charge is 0.303 e. The molecule has 4 rings (SSSR count). The van der Waals surface area contributed by atoms with Gasteiger partial charge < -0.3 is 25.4 Å². The summed E-state index contributed by atoms with van der Waals surface area (Å²) in [6, 6.07) is 11.9. The Balaban J connectivity index is 1.48. The largest absolute Gasteiger partial charge is 0.489 e. The topological polar surface area (TPSA) is 124 Å². The van der Waals surface area contributed by atoms with E-state index in [2.05, 4.69) is 21.5 Å². The lowest BCUT2D eigenvalue weighted by atomic mass is 10.0. The van der Waals surface area contributed by atoms with Crippen LogP contribution in [-0.2, 0) is 11.2 Å². The first-order valence-electron chi connectivity index (χ1n) is 11.4. The molecule has 8 nitrogen and oxygen atoms in total. The number of aromatic nitrogens is 2. The molecule has 0 saturated heterocycles. The summed E-state index contributed by atoms with van der Waals surface area (Å²) < 4.78 is 11.3. The van der Waals surface area contributed by atoms with Gasteiger partial charge in [0.25, 0.3) is 5.89 Å². The molecule has 0 fully saturated rings. The molecule has 1 unspecified atom stereocenters. The van der Waals surface area contributed by atoms with Crippen LogP contribution in [0.5, 0.6) is 5.75 Å². The summed E-state index contributed by atoms with van der Waals surface area (Å²) in [6.45, 7) is 4.71. The van der Waals surface area contributed by atoms with Gasteiger partial charge in [-0.3, -0.25) is 4.79 Å². The summed E-state index contributed by atoms with van der Waals surface area (Å²) in [5.41, 5.74) is 10.9. The zero-order chi connectivity index (χ0) is 23.4. The van der Waals surface area contributed by atoms with Gasteiger partial charge in [0.2, 0.25) is 5.82 Å². The second-order valence-electron chi connectivity index (χ2n) is 8.61. The fourth-order valence-electron chi connectivity index (χ4n) is 4.25. The van der Waals surface area contributed by atoms with E-state index in [-0.39, 0.29) is 18.6 Å². The number of fused-ring (bicyclic) bond motifs is 1. The van der Waals surface area contributed by atoms with Crippen LogP contribution in [0.2, 0.25) is 0 Å². The van der Waals surface area contributed by atoms with E-state index in [1.165, 1.54) is 11.1 Å². The van der Waals surface area contributed by atoms with Crippen molar-refractivity contribution in [1.29, 1.82) is 0 Å². The molecule has 1 aromatic heterocycles. The lowest BCUT2D eigenvalue weighted by Crippen LogP contribution is -2.20. The number of rotatable bonds is 10. The third-order valence-corrected chi connectivity index (χ3v) is 5.77. The van der Waals surface area contributed by atoms with E-state index >= 15 is 0 Å². The molecular weight excluding hydrogens is 420 g/mol. The fourth-order valence-corrected chi connectivity index (χ4v) is 4.25.